The van der Waals surface area contributed by atoms with Crippen molar-refractivity contribution in [3.05, 3.63) is 35.7 Å². The molecular weight excluding hydrogens is 276 g/mol. The number of nitrogens with zero attached hydrogens (tertiary/aromatic N) is 1. The lowest BCUT2D eigenvalue weighted by Crippen LogP contribution is -2.14. The molecule has 0 fully saturated rings. The number of oxazole rings is 1. The Bertz CT molecular complexity index is 571. The van der Waals surface area contributed by atoms with Crippen LogP contribution in [0.5, 0.6) is 11.5 Å². The Hall–Kier alpha value is -1.66. The quantitative estimate of drug-likeness (QED) is 0.826. The van der Waals surface area contributed by atoms with Crippen molar-refractivity contribution in [3.8, 4) is 11.5 Å². The van der Waals surface area contributed by atoms with Gasteiger partial charge in [0.2, 0.25) is 0 Å². The highest BCUT2D eigenvalue weighted by Crippen LogP contribution is 2.31. The van der Waals surface area contributed by atoms with Crippen LogP contribution in [0.2, 0.25) is 0 Å². The molecule has 0 aliphatic heterocycles. The minimum atomic E-state index is -0.173. The molecule has 1 aromatic carbocycles. The number of aryl methyl sites for hydroxylation is 1. The third kappa shape index (κ3) is 3.46. The van der Waals surface area contributed by atoms with Gasteiger partial charge in [0.15, 0.2) is 0 Å². The van der Waals surface area contributed by atoms with E-state index < -0.39 is 0 Å². The van der Waals surface area contributed by atoms with Gasteiger partial charge in [-0.3, -0.25) is 0 Å². The molecule has 0 bridgehead atoms. The van der Waals surface area contributed by atoms with Gasteiger partial charge in [0, 0.05) is 23.4 Å². The van der Waals surface area contributed by atoms with Crippen LogP contribution in [-0.2, 0) is 0 Å². The fourth-order valence-electron chi connectivity index (χ4n) is 1.77. The van der Waals surface area contributed by atoms with Crippen molar-refractivity contribution in [1.82, 2.24) is 4.98 Å². The zero-order chi connectivity index (χ0) is 14.5. The lowest BCUT2D eigenvalue weighted by molar-refractivity contribution is 0.389. The zero-order valence-electron chi connectivity index (χ0n) is 11.8. The first-order chi connectivity index (χ1) is 9.63. The molecular formula is C14H18N2O3S. The maximum absolute atomic E-state index is 6.21. The van der Waals surface area contributed by atoms with Gasteiger partial charge in [0.05, 0.1) is 19.9 Å². The van der Waals surface area contributed by atoms with Crippen LogP contribution in [0.25, 0.3) is 0 Å². The number of aromatic nitrogens is 1. The van der Waals surface area contributed by atoms with Gasteiger partial charge in [-0.15, -0.1) is 0 Å². The van der Waals surface area contributed by atoms with Gasteiger partial charge in [-0.05, 0) is 13.0 Å². The predicted octanol–water partition coefficient (Wildman–Crippen LogP) is 2.79. The van der Waals surface area contributed by atoms with Gasteiger partial charge in [-0.1, -0.05) is 17.8 Å². The van der Waals surface area contributed by atoms with Crippen LogP contribution in [0.3, 0.4) is 0 Å². The summed E-state index contributed by atoms with van der Waals surface area (Å²) in [6.07, 6.45) is 1.63. The van der Waals surface area contributed by atoms with Crippen LogP contribution in [0.1, 0.15) is 17.3 Å². The first-order valence-electron chi connectivity index (χ1n) is 6.16. The summed E-state index contributed by atoms with van der Waals surface area (Å²) in [7, 11) is 3.24. The molecule has 108 valence electrons. The molecule has 0 aliphatic rings. The van der Waals surface area contributed by atoms with E-state index in [9.17, 15) is 0 Å². The molecule has 5 nitrogen and oxygen atoms in total. The number of thioether (sulfide) groups is 1. The van der Waals surface area contributed by atoms with E-state index in [4.69, 9.17) is 19.6 Å². The van der Waals surface area contributed by atoms with Crippen molar-refractivity contribution >= 4 is 11.8 Å². The second-order valence-electron chi connectivity index (χ2n) is 4.28. The summed E-state index contributed by atoms with van der Waals surface area (Å²) in [6, 6.07) is 5.45. The molecule has 6 heteroatoms. The highest BCUT2D eigenvalue weighted by Gasteiger charge is 2.14. The van der Waals surface area contributed by atoms with E-state index >= 15 is 0 Å². The highest BCUT2D eigenvalue weighted by molar-refractivity contribution is 7.99. The fraction of sp³-hybridized carbons (Fsp3) is 0.357. The van der Waals surface area contributed by atoms with Crippen molar-refractivity contribution in [3.63, 3.8) is 0 Å². The molecule has 0 saturated heterocycles. The number of methoxy groups -OCH3 is 2. The monoisotopic (exact) mass is 294 g/mol. The summed E-state index contributed by atoms with van der Waals surface area (Å²) in [5.41, 5.74) is 8.00. The summed E-state index contributed by atoms with van der Waals surface area (Å²) >= 11 is 1.48. The maximum Gasteiger partial charge on any atom is 0.255 e. The zero-order valence-corrected chi connectivity index (χ0v) is 12.6. The average molecular weight is 294 g/mol. The SMILES string of the molecule is COc1ccc(C(N)CSc2nc(C)co2)c(OC)c1. The Balaban J connectivity index is 2.06. The van der Waals surface area contributed by atoms with Gasteiger partial charge in [-0.2, -0.15) is 0 Å². The standard InChI is InChI=1S/C14H18N2O3S/c1-9-7-19-14(16-9)20-8-12(15)11-5-4-10(17-2)6-13(11)18-3/h4-7,12H,8,15H2,1-3H3. The second kappa shape index (κ2) is 6.67. The summed E-state index contributed by atoms with van der Waals surface area (Å²) in [5, 5.41) is 0.630. The van der Waals surface area contributed by atoms with Crippen molar-refractivity contribution in [1.29, 1.82) is 0 Å². The largest absolute Gasteiger partial charge is 0.497 e. The average Bonchev–Trinajstić information content (AvgIpc) is 2.89. The van der Waals surface area contributed by atoms with Crippen LogP contribution in [0.15, 0.2) is 34.1 Å². The van der Waals surface area contributed by atoms with E-state index in [2.05, 4.69) is 4.98 Å². The minimum Gasteiger partial charge on any atom is -0.497 e. The van der Waals surface area contributed by atoms with E-state index in [1.807, 2.05) is 25.1 Å². The third-order valence-electron chi connectivity index (χ3n) is 2.82. The van der Waals surface area contributed by atoms with Crippen LogP contribution in [-0.4, -0.2) is 25.0 Å². The summed E-state index contributed by atoms with van der Waals surface area (Å²) in [6.45, 7) is 1.89. The normalized spacial score (nSPS) is 12.2. The Morgan fingerprint density at radius 2 is 2.15 bits per heavy atom. The summed E-state index contributed by atoms with van der Waals surface area (Å²) < 4.78 is 15.8. The van der Waals surface area contributed by atoms with Crippen molar-refractivity contribution in [2.24, 2.45) is 5.73 Å². The van der Waals surface area contributed by atoms with Crippen molar-refractivity contribution in [2.45, 2.75) is 18.2 Å². The Morgan fingerprint density at radius 1 is 1.35 bits per heavy atom. The predicted molar refractivity (Wildman–Crippen MR) is 78.4 cm³/mol. The minimum absolute atomic E-state index is 0.173. The second-order valence-corrected chi connectivity index (χ2v) is 5.25. The molecule has 2 rings (SSSR count). The van der Waals surface area contributed by atoms with E-state index in [-0.39, 0.29) is 6.04 Å². The highest BCUT2D eigenvalue weighted by atomic mass is 32.2. The Kier molecular flexibility index (Phi) is 4.92. The lowest BCUT2D eigenvalue weighted by atomic mass is 10.1. The molecule has 0 radical (unpaired) electrons. The number of ether oxygens (including phenoxy) is 2. The van der Waals surface area contributed by atoms with Gasteiger partial charge in [-0.25, -0.2) is 4.98 Å². The first kappa shape index (κ1) is 14.7. The molecule has 20 heavy (non-hydrogen) atoms. The number of nitrogens with two attached hydrogens (primary N) is 1. The Labute approximate surface area is 122 Å². The number of benzene rings is 1. The Morgan fingerprint density at radius 3 is 2.75 bits per heavy atom. The first-order valence-corrected chi connectivity index (χ1v) is 7.15. The van der Waals surface area contributed by atoms with Crippen molar-refractivity contribution in [2.75, 3.05) is 20.0 Å². The van der Waals surface area contributed by atoms with Crippen molar-refractivity contribution < 1.29 is 13.9 Å². The summed E-state index contributed by atoms with van der Waals surface area (Å²) in [5.74, 6) is 2.12. The van der Waals surface area contributed by atoms with Gasteiger partial charge >= 0.3 is 0 Å². The molecule has 2 aromatic rings. The van der Waals surface area contributed by atoms with E-state index in [0.717, 1.165) is 22.8 Å². The number of rotatable bonds is 6. The van der Waals surface area contributed by atoms with Crippen LogP contribution in [0.4, 0.5) is 0 Å². The van der Waals surface area contributed by atoms with E-state index in [1.165, 1.54) is 11.8 Å². The van der Waals surface area contributed by atoms with Gasteiger partial charge in [0.1, 0.15) is 17.8 Å². The fourth-order valence-corrected chi connectivity index (χ4v) is 2.60. The lowest BCUT2D eigenvalue weighted by Gasteiger charge is -2.15. The molecule has 1 aromatic heterocycles. The van der Waals surface area contributed by atoms with Gasteiger partial charge in [0.25, 0.3) is 5.22 Å². The smallest absolute Gasteiger partial charge is 0.255 e. The molecule has 1 unspecified atom stereocenters. The maximum atomic E-state index is 6.21. The number of hydrogen-bond acceptors (Lipinski definition) is 6. The summed E-state index contributed by atoms with van der Waals surface area (Å²) in [4.78, 5) is 4.24. The van der Waals surface area contributed by atoms with E-state index in [1.54, 1.807) is 20.5 Å². The topological polar surface area (TPSA) is 70.5 Å². The molecule has 0 amide bonds. The van der Waals surface area contributed by atoms with Gasteiger partial charge < -0.3 is 19.6 Å². The molecule has 0 spiro atoms. The molecule has 0 aliphatic carbocycles. The molecule has 1 atom stereocenters. The third-order valence-corrected chi connectivity index (χ3v) is 3.78. The molecule has 2 N–H and O–H groups in total. The van der Waals surface area contributed by atoms with E-state index in [0.29, 0.717) is 11.0 Å². The van der Waals surface area contributed by atoms with Crippen LogP contribution >= 0.6 is 11.8 Å². The van der Waals surface area contributed by atoms with Crippen LogP contribution < -0.4 is 15.2 Å². The molecule has 0 saturated carbocycles. The molecule has 1 heterocycles. The van der Waals surface area contributed by atoms with Crippen LogP contribution in [0, 0.1) is 6.92 Å². The number of hydrogen-bond donors (Lipinski definition) is 1.